The predicted molar refractivity (Wildman–Crippen MR) is 69.8 cm³/mol. The standard InChI is InChI=1S/C12H19N3O3/c1-4-15(7-12(2,3)18)10-9(13)5-8(6-14-10)11(16)17/h5-6,18H,4,7,13H2,1-3H3,(H,16,17). The predicted octanol–water partition coefficient (Wildman–Crippen LogP) is 0.959. The number of carboxylic acid groups (broad SMARTS) is 1. The van der Waals surface area contributed by atoms with Crippen molar-refractivity contribution in [2.24, 2.45) is 0 Å². The van der Waals surface area contributed by atoms with Gasteiger partial charge in [0.25, 0.3) is 0 Å². The van der Waals surface area contributed by atoms with E-state index in [2.05, 4.69) is 4.98 Å². The Balaban J connectivity index is 3.04. The Morgan fingerprint density at radius 2 is 2.17 bits per heavy atom. The molecule has 0 unspecified atom stereocenters. The van der Waals surface area contributed by atoms with E-state index in [9.17, 15) is 9.90 Å². The lowest BCUT2D eigenvalue weighted by atomic mass is 10.1. The first kappa shape index (κ1) is 14.2. The fourth-order valence-corrected chi connectivity index (χ4v) is 1.66. The molecule has 0 aliphatic rings. The average Bonchev–Trinajstić information content (AvgIpc) is 2.24. The molecule has 100 valence electrons. The number of hydrogen-bond acceptors (Lipinski definition) is 5. The zero-order valence-corrected chi connectivity index (χ0v) is 10.8. The van der Waals surface area contributed by atoms with E-state index in [4.69, 9.17) is 10.8 Å². The fraction of sp³-hybridized carbons (Fsp3) is 0.500. The maximum absolute atomic E-state index is 10.8. The van der Waals surface area contributed by atoms with Crippen molar-refractivity contribution in [3.8, 4) is 0 Å². The summed E-state index contributed by atoms with van der Waals surface area (Å²) >= 11 is 0. The first-order valence-electron chi connectivity index (χ1n) is 5.70. The number of aliphatic hydroxyl groups is 1. The quantitative estimate of drug-likeness (QED) is 0.722. The monoisotopic (exact) mass is 253 g/mol. The lowest BCUT2D eigenvalue weighted by Gasteiger charge is -2.29. The van der Waals surface area contributed by atoms with E-state index in [-0.39, 0.29) is 5.56 Å². The first-order valence-corrected chi connectivity index (χ1v) is 5.70. The Labute approximate surface area is 106 Å². The van der Waals surface area contributed by atoms with Crippen LogP contribution in [0.2, 0.25) is 0 Å². The summed E-state index contributed by atoms with van der Waals surface area (Å²) in [5.74, 6) is -0.573. The minimum atomic E-state index is -1.06. The molecule has 0 saturated carbocycles. The van der Waals surface area contributed by atoms with Gasteiger partial charge in [-0.15, -0.1) is 0 Å². The molecule has 0 amide bonds. The molecule has 0 aliphatic carbocycles. The molecule has 0 fully saturated rings. The van der Waals surface area contributed by atoms with E-state index in [1.807, 2.05) is 6.92 Å². The number of carbonyl (C=O) groups is 1. The van der Waals surface area contributed by atoms with Crippen LogP contribution in [0.3, 0.4) is 0 Å². The van der Waals surface area contributed by atoms with Gasteiger partial charge < -0.3 is 20.8 Å². The molecule has 0 saturated heterocycles. The van der Waals surface area contributed by atoms with Gasteiger partial charge >= 0.3 is 5.97 Å². The lowest BCUT2D eigenvalue weighted by Crippen LogP contribution is -2.39. The Kier molecular flexibility index (Phi) is 4.13. The van der Waals surface area contributed by atoms with Gasteiger partial charge in [0.15, 0.2) is 5.82 Å². The number of nitrogen functional groups attached to an aromatic ring is 1. The molecular weight excluding hydrogens is 234 g/mol. The zero-order chi connectivity index (χ0) is 13.9. The van der Waals surface area contributed by atoms with E-state index in [0.717, 1.165) is 0 Å². The third-order valence-electron chi connectivity index (χ3n) is 2.40. The van der Waals surface area contributed by atoms with Crippen molar-refractivity contribution in [3.63, 3.8) is 0 Å². The van der Waals surface area contributed by atoms with Gasteiger partial charge in [0.1, 0.15) is 0 Å². The highest BCUT2D eigenvalue weighted by molar-refractivity contribution is 5.89. The second-order valence-electron chi connectivity index (χ2n) is 4.77. The molecule has 0 aliphatic heterocycles. The molecule has 1 heterocycles. The summed E-state index contributed by atoms with van der Waals surface area (Å²) in [4.78, 5) is 16.7. The van der Waals surface area contributed by atoms with Gasteiger partial charge in [0.2, 0.25) is 0 Å². The van der Waals surface area contributed by atoms with Crippen LogP contribution in [0, 0.1) is 0 Å². The van der Waals surface area contributed by atoms with E-state index in [1.165, 1.54) is 12.3 Å². The molecule has 1 rings (SSSR count). The number of rotatable bonds is 5. The number of pyridine rings is 1. The first-order chi connectivity index (χ1) is 8.24. The number of nitrogens with zero attached hydrogens (tertiary/aromatic N) is 2. The van der Waals surface area contributed by atoms with Crippen molar-refractivity contribution in [1.29, 1.82) is 0 Å². The molecule has 0 atom stereocenters. The molecule has 0 bridgehead atoms. The third kappa shape index (κ3) is 3.59. The van der Waals surface area contributed by atoms with E-state index in [1.54, 1.807) is 18.7 Å². The minimum Gasteiger partial charge on any atom is -0.478 e. The van der Waals surface area contributed by atoms with Crippen LogP contribution < -0.4 is 10.6 Å². The topological polar surface area (TPSA) is 99.7 Å². The fourth-order valence-electron chi connectivity index (χ4n) is 1.66. The highest BCUT2D eigenvalue weighted by Crippen LogP contribution is 2.22. The van der Waals surface area contributed by atoms with Crippen LogP contribution in [-0.4, -0.2) is 39.9 Å². The third-order valence-corrected chi connectivity index (χ3v) is 2.40. The maximum Gasteiger partial charge on any atom is 0.337 e. The molecule has 6 heteroatoms. The van der Waals surface area contributed by atoms with E-state index >= 15 is 0 Å². The number of carboxylic acids is 1. The lowest BCUT2D eigenvalue weighted by molar-refractivity contribution is 0.0696. The molecular formula is C12H19N3O3. The number of anilines is 2. The van der Waals surface area contributed by atoms with Crippen LogP contribution in [0.5, 0.6) is 0 Å². The van der Waals surface area contributed by atoms with Gasteiger partial charge in [-0.2, -0.15) is 0 Å². The van der Waals surface area contributed by atoms with Gasteiger partial charge in [0.05, 0.1) is 16.9 Å². The number of likely N-dealkylation sites (N-methyl/N-ethyl adjacent to an activating group) is 1. The molecule has 18 heavy (non-hydrogen) atoms. The van der Waals surface area contributed by atoms with Gasteiger partial charge in [-0.05, 0) is 26.8 Å². The average molecular weight is 253 g/mol. The van der Waals surface area contributed by atoms with Crippen LogP contribution in [0.25, 0.3) is 0 Å². The Morgan fingerprint density at radius 1 is 1.56 bits per heavy atom. The number of nitrogens with two attached hydrogens (primary N) is 1. The minimum absolute atomic E-state index is 0.0514. The van der Waals surface area contributed by atoms with Crippen molar-refractivity contribution in [2.45, 2.75) is 26.4 Å². The summed E-state index contributed by atoms with van der Waals surface area (Å²) < 4.78 is 0. The van der Waals surface area contributed by atoms with E-state index < -0.39 is 11.6 Å². The van der Waals surface area contributed by atoms with Gasteiger partial charge in [-0.25, -0.2) is 9.78 Å². The van der Waals surface area contributed by atoms with Crippen molar-refractivity contribution < 1.29 is 15.0 Å². The number of aromatic carboxylic acids is 1. The van der Waals surface area contributed by atoms with Crippen molar-refractivity contribution >= 4 is 17.5 Å². The molecule has 4 N–H and O–H groups in total. The summed E-state index contributed by atoms with van der Waals surface area (Å²) in [6, 6.07) is 1.37. The Morgan fingerprint density at radius 3 is 2.56 bits per heavy atom. The van der Waals surface area contributed by atoms with Crippen LogP contribution in [0.1, 0.15) is 31.1 Å². The van der Waals surface area contributed by atoms with Gasteiger partial charge in [0, 0.05) is 19.3 Å². The summed E-state index contributed by atoms with van der Waals surface area (Å²) in [6.45, 7) is 6.29. The number of hydrogen-bond donors (Lipinski definition) is 3. The Bertz CT molecular complexity index is 441. The summed E-state index contributed by atoms with van der Waals surface area (Å²) in [5, 5.41) is 18.6. The molecule has 6 nitrogen and oxygen atoms in total. The molecule has 1 aromatic heterocycles. The largest absolute Gasteiger partial charge is 0.478 e. The molecule has 0 spiro atoms. The highest BCUT2D eigenvalue weighted by Gasteiger charge is 2.20. The molecule has 1 aromatic rings. The van der Waals surface area contributed by atoms with Gasteiger partial charge in [-0.1, -0.05) is 0 Å². The Hall–Kier alpha value is -1.82. The van der Waals surface area contributed by atoms with E-state index in [0.29, 0.717) is 24.6 Å². The van der Waals surface area contributed by atoms with Gasteiger partial charge in [-0.3, -0.25) is 0 Å². The number of aromatic nitrogens is 1. The van der Waals surface area contributed by atoms with Crippen LogP contribution in [0.15, 0.2) is 12.3 Å². The molecule has 0 radical (unpaired) electrons. The summed E-state index contributed by atoms with van der Waals surface area (Å²) in [7, 11) is 0. The summed E-state index contributed by atoms with van der Waals surface area (Å²) in [5.41, 5.74) is 5.27. The summed E-state index contributed by atoms with van der Waals surface area (Å²) in [6.07, 6.45) is 1.26. The van der Waals surface area contributed by atoms with Crippen LogP contribution in [-0.2, 0) is 0 Å². The normalized spacial score (nSPS) is 11.3. The SMILES string of the molecule is CCN(CC(C)(C)O)c1ncc(C(=O)O)cc1N. The zero-order valence-electron chi connectivity index (χ0n) is 10.8. The van der Waals surface area contributed by atoms with Crippen molar-refractivity contribution in [3.05, 3.63) is 17.8 Å². The second kappa shape index (κ2) is 5.22. The molecule has 0 aromatic carbocycles. The second-order valence-corrected chi connectivity index (χ2v) is 4.77. The van der Waals surface area contributed by atoms with Crippen molar-refractivity contribution in [1.82, 2.24) is 4.98 Å². The van der Waals surface area contributed by atoms with Crippen LogP contribution >= 0.6 is 0 Å². The highest BCUT2D eigenvalue weighted by atomic mass is 16.4. The van der Waals surface area contributed by atoms with Crippen molar-refractivity contribution in [2.75, 3.05) is 23.7 Å². The smallest absolute Gasteiger partial charge is 0.337 e. The maximum atomic E-state index is 10.8. The van der Waals surface area contributed by atoms with Crippen LogP contribution in [0.4, 0.5) is 11.5 Å².